The summed E-state index contributed by atoms with van der Waals surface area (Å²) in [4.78, 5) is 11.8. The summed E-state index contributed by atoms with van der Waals surface area (Å²) in [5, 5.41) is 12.9. The van der Waals surface area contributed by atoms with E-state index in [0.29, 0.717) is 12.0 Å². The van der Waals surface area contributed by atoms with Crippen LogP contribution in [0.15, 0.2) is 24.3 Å². The second kappa shape index (κ2) is 7.36. The lowest BCUT2D eigenvalue weighted by molar-refractivity contribution is -0.125. The molecule has 1 amide bonds. The minimum absolute atomic E-state index is 0.126. The van der Waals surface area contributed by atoms with Crippen molar-refractivity contribution in [3.8, 4) is 0 Å². The number of carbonyl (C=O) groups excluding carboxylic acids is 1. The molecule has 0 spiro atoms. The highest BCUT2D eigenvalue weighted by Crippen LogP contribution is 2.18. The maximum Gasteiger partial charge on any atom is 0.224 e. The number of nitrogens with one attached hydrogen (secondary N) is 1. The Balaban J connectivity index is 2.51. The van der Waals surface area contributed by atoms with Gasteiger partial charge in [0.25, 0.3) is 0 Å². The molecule has 1 rings (SSSR count). The predicted octanol–water partition coefficient (Wildman–Crippen LogP) is 1.74. The third-order valence-electron chi connectivity index (χ3n) is 3.42. The first-order valence-electron chi connectivity index (χ1n) is 6.80. The monoisotopic (exact) mass is 282 g/mol. The van der Waals surface area contributed by atoms with Gasteiger partial charge in [0.1, 0.15) is 5.82 Å². The molecule has 0 saturated carbocycles. The predicted molar refractivity (Wildman–Crippen MR) is 76.4 cm³/mol. The van der Waals surface area contributed by atoms with Gasteiger partial charge in [-0.1, -0.05) is 19.1 Å². The van der Waals surface area contributed by atoms with Crippen LogP contribution in [0.4, 0.5) is 4.39 Å². The van der Waals surface area contributed by atoms with Crippen LogP contribution in [-0.2, 0) is 4.79 Å². The maximum atomic E-state index is 12.8. The number of nitrogens with two attached hydrogens (primary N) is 1. The molecule has 0 radical (unpaired) electrons. The van der Waals surface area contributed by atoms with E-state index < -0.39 is 6.10 Å². The fourth-order valence-corrected chi connectivity index (χ4v) is 1.83. The molecule has 0 aromatic heterocycles. The molecule has 4 N–H and O–H groups in total. The number of carbonyl (C=O) groups is 1. The van der Waals surface area contributed by atoms with E-state index in [1.54, 1.807) is 26.0 Å². The number of benzene rings is 1. The van der Waals surface area contributed by atoms with Crippen LogP contribution in [0.3, 0.4) is 0 Å². The zero-order valence-electron chi connectivity index (χ0n) is 12.1. The number of halogens is 1. The Labute approximate surface area is 119 Å². The molecule has 4 nitrogen and oxygen atoms in total. The average Bonchev–Trinajstić information content (AvgIpc) is 2.37. The SMILES string of the molecule is CC(CC(O)c1ccc(F)cc1)NC(=O)C(C)C(C)N. The van der Waals surface area contributed by atoms with Gasteiger partial charge in [0.15, 0.2) is 0 Å². The van der Waals surface area contributed by atoms with Gasteiger partial charge in [-0.2, -0.15) is 0 Å². The van der Waals surface area contributed by atoms with Gasteiger partial charge in [-0.25, -0.2) is 4.39 Å². The zero-order chi connectivity index (χ0) is 15.3. The fraction of sp³-hybridized carbons (Fsp3) is 0.533. The van der Waals surface area contributed by atoms with Crippen molar-refractivity contribution in [2.75, 3.05) is 0 Å². The topological polar surface area (TPSA) is 75.3 Å². The molecular formula is C15H23FN2O2. The summed E-state index contributed by atoms with van der Waals surface area (Å²) in [6, 6.07) is 5.28. The molecule has 0 bridgehead atoms. The highest BCUT2D eigenvalue weighted by molar-refractivity contribution is 5.79. The summed E-state index contributed by atoms with van der Waals surface area (Å²) in [5.74, 6) is -0.743. The summed E-state index contributed by atoms with van der Waals surface area (Å²) in [6.45, 7) is 5.37. The minimum Gasteiger partial charge on any atom is -0.388 e. The molecule has 0 aliphatic rings. The molecular weight excluding hydrogens is 259 g/mol. The van der Waals surface area contributed by atoms with Crippen molar-refractivity contribution < 1.29 is 14.3 Å². The van der Waals surface area contributed by atoms with Crippen molar-refractivity contribution in [1.82, 2.24) is 5.32 Å². The van der Waals surface area contributed by atoms with E-state index in [4.69, 9.17) is 5.73 Å². The smallest absolute Gasteiger partial charge is 0.224 e. The summed E-state index contributed by atoms with van der Waals surface area (Å²) < 4.78 is 12.8. The van der Waals surface area contributed by atoms with Crippen LogP contribution in [0.5, 0.6) is 0 Å². The van der Waals surface area contributed by atoms with Crippen molar-refractivity contribution in [2.24, 2.45) is 11.7 Å². The lowest BCUT2D eigenvalue weighted by Crippen LogP contribution is -2.42. The number of hydrogen-bond donors (Lipinski definition) is 3. The fourth-order valence-electron chi connectivity index (χ4n) is 1.83. The van der Waals surface area contributed by atoms with Crippen molar-refractivity contribution >= 4 is 5.91 Å². The zero-order valence-corrected chi connectivity index (χ0v) is 12.1. The first kappa shape index (κ1) is 16.6. The van der Waals surface area contributed by atoms with Crippen LogP contribution in [0.2, 0.25) is 0 Å². The van der Waals surface area contributed by atoms with Gasteiger partial charge < -0.3 is 16.2 Å². The summed E-state index contributed by atoms with van der Waals surface area (Å²) in [7, 11) is 0. The Hall–Kier alpha value is -1.46. The number of hydrogen-bond acceptors (Lipinski definition) is 3. The minimum atomic E-state index is -0.739. The molecule has 0 aliphatic heterocycles. The van der Waals surface area contributed by atoms with Crippen LogP contribution in [0.1, 0.15) is 38.9 Å². The van der Waals surface area contributed by atoms with E-state index in [0.717, 1.165) is 0 Å². The molecule has 20 heavy (non-hydrogen) atoms. The molecule has 1 aromatic rings. The lowest BCUT2D eigenvalue weighted by atomic mass is 10.0. The van der Waals surface area contributed by atoms with Gasteiger partial charge in [-0.05, 0) is 38.0 Å². The molecule has 0 saturated heterocycles. The quantitative estimate of drug-likeness (QED) is 0.744. The molecule has 0 fully saturated rings. The van der Waals surface area contributed by atoms with Crippen LogP contribution < -0.4 is 11.1 Å². The van der Waals surface area contributed by atoms with E-state index in [9.17, 15) is 14.3 Å². The maximum absolute atomic E-state index is 12.8. The lowest BCUT2D eigenvalue weighted by Gasteiger charge is -2.21. The number of rotatable bonds is 6. The highest BCUT2D eigenvalue weighted by atomic mass is 19.1. The van der Waals surface area contributed by atoms with Crippen molar-refractivity contribution in [3.05, 3.63) is 35.6 Å². The van der Waals surface area contributed by atoms with E-state index in [1.165, 1.54) is 12.1 Å². The van der Waals surface area contributed by atoms with Crippen LogP contribution in [-0.4, -0.2) is 23.1 Å². The summed E-state index contributed by atoms with van der Waals surface area (Å²) >= 11 is 0. The highest BCUT2D eigenvalue weighted by Gasteiger charge is 2.20. The Morgan fingerprint density at radius 2 is 1.85 bits per heavy atom. The molecule has 4 atom stereocenters. The van der Waals surface area contributed by atoms with E-state index in [2.05, 4.69) is 5.32 Å². The van der Waals surface area contributed by atoms with E-state index in [-0.39, 0.29) is 29.7 Å². The first-order chi connectivity index (χ1) is 9.31. The van der Waals surface area contributed by atoms with Gasteiger partial charge in [-0.3, -0.25) is 4.79 Å². The molecule has 5 heteroatoms. The average molecular weight is 282 g/mol. The second-order valence-corrected chi connectivity index (χ2v) is 5.36. The number of amides is 1. The second-order valence-electron chi connectivity index (χ2n) is 5.36. The van der Waals surface area contributed by atoms with Crippen LogP contribution in [0.25, 0.3) is 0 Å². The third kappa shape index (κ3) is 4.90. The standard InChI is InChI=1S/C15H23FN2O2/c1-9(18-15(20)10(2)11(3)17)8-14(19)12-4-6-13(16)7-5-12/h4-7,9-11,14,19H,8,17H2,1-3H3,(H,18,20). The summed E-state index contributed by atoms with van der Waals surface area (Å²) in [5.41, 5.74) is 6.31. The van der Waals surface area contributed by atoms with E-state index >= 15 is 0 Å². The number of aliphatic hydroxyl groups excluding tert-OH is 1. The van der Waals surface area contributed by atoms with Gasteiger partial charge in [0.2, 0.25) is 5.91 Å². The molecule has 0 aliphatic carbocycles. The largest absolute Gasteiger partial charge is 0.388 e. The molecule has 4 unspecified atom stereocenters. The third-order valence-corrected chi connectivity index (χ3v) is 3.42. The number of aliphatic hydroxyl groups is 1. The first-order valence-corrected chi connectivity index (χ1v) is 6.80. The van der Waals surface area contributed by atoms with Gasteiger partial charge in [-0.15, -0.1) is 0 Å². The van der Waals surface area contributed by atoms with E-state index in [1.807, 2.05) is 6.92 Å². The van der Waals surface area contributed by atoms with Crippen LogP contribution >= 0.6 is 0 Å². The molecule has 0 heterocycles. The molecule has 1 aromatic carbocycles. The van der Waals surface area contributed by atoms with Gasteiger partial charge >= 0.3 is 0 Å². The Kier molecular flexibility index (Phi) is 6.10. The normalized spacial score (nSPS) is 17.1. The van der Waals surface area contributed by atoms with Crippen LogP contribution in [0, 0.1) is 11.7 Å². The molecule has 112 valence electrons. The van der Waals surface area contributed by atoms with Crippen molar-refractivity contribution in [3.63, 3.8) is 0 Å². The van der Waals surface area contributed by atoms with Gasteiger partial charge in [0.05, 0.1) is 6.10 Å². The van der Waals surface area contributed by atoms with Crippen molar-refractivity contribution in [2.45, 2.75) is 45.4 Å². The summed E-state index contributed by atoms with van der Waals surface area (Å²) in [6.07, 6.45) is -0.375. The van der Waals surface area contributed by atoms with Crippen molar-refractivity contribution in [1.29, 1.82) is 0 Å². The Morgan fingerprint density at radius 1 is 1.30 bits per heavy atom. The Morgan fingerprint density at radius 3 is 2.35 bits per heavy atom. The Bertz CT molecular complexity index is 434. The van der Waals surface area contributed by atoms with Gasteiger partial charge in [0, 0.05) is 18.0 Å².